The van der Waals surface area contributed by atoms with E-state index in [1.165, 1.54) is 11.3 Å². The quantitative estimate of drug-likeness (QED) is 0.872. The number of thiophene rings is 1. The minimum absolute atomic E-state index is 0.0192. The molecular weight excluding hydrogens is 291 g/mol. The fourth-order valence-corrected chi connectivity index (χ4v) is 3.24. The molecule has 0 radical (unpaired) electrons. The Morgan fingerprint density at radius 1 is 1.28 bits per heavy atom. The lowest BCUT2D eigenvalue weighted by Crippen LogP contribution is -2.45. The van der Waals surface area contributed by atoms with Crippen LogP contribution in [0.2, 0.25) is 8.67 Å². The van der Waals surface area contributed by atoms with E-state index < -0.39 is 0 Å². The monoisotopic (exact) mass is 308 g/mol. The molecule has 0 aliphatic heterocycles. The number of rotatable bonds is 5. The van der Waals surface area contributed by atoms with Crippen LogP contribution in [0.15, 0.2) is 6.07 Å². The molecule has 1 heterocycles. The fraction of sp³-hybridized carbons (Fsp3) is 0.583. The molecule has 2 atom stereocenters. The van der Waals surface area contributed by atoms with E-state index in [1.807, 2.05) is 33.8 Å². The van der Waals surface area contributed by atoms with Crippen LogP contribution < -0.4 is 10.6 Å². The summed E-state index contributed by atoms with van der Waals surface area (Å²) in [5.41, 5.74) is 0.927. The number of carbonyl (C=O) groups excluding carboxylic acids is 1. The highest BCUT2D eigenvalue weighted by Crippen LogP contribution is 2.34. The van der Waals surface area contributed by atoms with Gasteiger partial charge in [-0.15, -0.1) is 11.3 Å². The van der Waals surface area contributed by atoms with Crippen molar-refractivity contribution in [2.24, 2.45) is 0 Å². The van der Waals surface area contributed by atoms with E-state index in [1.54, 1.807) is 0 Å². The second-order valence-corrected chi connectivity index (χ2v) is 6.84. The molecule has 0 spiro atoms. The van der Waals surface area contributed by atoms with Crippen molar-refractivity contribution in [3.05, 3.63) is 20.3 Å². The minimum atomic E-state index is -0.280. The highest BCUT2D eigenvalue weighted by atomic mass is 35.5. The van der Waals surface area contributed by atoms with Crippen molar-refractivity contribution in [3.8, 4) is 0 Å². The summed E-state index contributed by atoms with van der Waals surface area (Å²) in [6.07, 6.45) is 0. The van der Waals surface area contributed by atoms with Gasteiger partial charge in [0, 0.05) is 12.1 Å². The number of nitrogens with one attached hydrogen (secondary N) is 2. The molecule has 2 N–H and O–H groups in total. The Bertz CT molecular complexity index is 420. The van der Waals surface area contributed by atoms with E-state index >= 15 is 0 Å². The van der Waals surface area contributed by atoms with Crippen molar-refractivity contribution >= 4 is 40.4 Å². The Balaban J connectivity index is 2.62. The van der Waals surface area contributed by atoms with Gasteiger partial charge in [-0.05, 0) is 39.3 Å². The molecule has 0 bridgehead atoms. The molecule has 0 aliphatic rings. The Kier molecular flexibility index (Phi) is 5.92. The number of halogens is 2. The van der Waals surface area contributed by atoms with E-state index in [9.17, 15) is 4.79 Å². The fourth-order valence-electron chi connectivity index (χ4n) is 1.60. The second-order valence-electron chi connectivity index (χ2n) is 4.55. The van der Waals surface area contributed by atoms with Crippen molar-refractivity contribution in [2.45, 2.75) is 45.8 Å². The zero-order valence-electron chi connectivity index (χ0n) is 10.9. The van der Waals surface area contributed by atoms with Crippen LogP contribution in [0.1, 0.15) is 39.3 Å². The van der Waals surface area contributed by atoms with Gasteiger partial charge in [-0.25, -0.2) is 0 Å². The minimum Gasteiger partial charge on any atom is -0.353 e. The molecular formula is C12H18Cl2N2OS. The van der Waals surface area contributed by atoms with Crippen LogP contribution in [-0.4, -0.2) is 18.0 Å². The summed E-state index contributed by atoms with van der Waals surface area (Å²) in [4.78, 5) is 11.8. The van der Waals surface area contributed by atoms with Gasteiger partial charge in [0.05, 0.1) is 14.7 Å². The lowest BCUT2D eigenvalue weighted by Gasteiger charge is -2.20. The number of amides is 1. The SMILES string of the molecule is CC(C)NC(=O)C(C)NC(C)c1cc(Cl)sc1Cl. The zero-order chi connectivity index (χ0) is 13.9. The van der Waals surface area contributed by atoms with E-state index in [0.717, 1.165) is 5.56 Å². The van der Waals surface area contributed by atoms with Crippen molar-refractivity contribution in [1.29, 1.82) is 0 Å². The average molecular weight is 309 g/mol. The third kappa shape index (κ3) is 4.43. The third-order valence-corrected chi connectivity index (χ3v) is 3.99. The summed E-state index contributed by atoms with van der Waals surface area (Å²) in [5.74, 6) is -0.0192. The van der Waals surface area contributed by atoms with Gasteiger partial charge < -0.3 is 5.32 Å². The Hall–Kier alpha value is -0.290. The Morgan fingerprint density at radius 3 is 2.33 bits per heavy atom. The molecule has 1 rings (SSSR count). The predicted octanol–water partition coefficient (Wildman–Crippen LogP) is 3.62. The highest BCUT2D eigenvalue weighted by Gasteiger charge is 2.19. The maximum absolute atomic E-state index is 11.8. The number of hydrogen-bond acceptors (Lipinski definition) is 3. The van der Waals surface area contributed by atoms with Crippen molar-refractivity contribution in [2.75, 3.05) is 0 Å². The van der Waals surface area contributed by atoms with Gasteiger partial charge in [0.15, 0.2) is 0 Å². The summed E-state index contributed by atoms with van der Waals surface area (Å²) in [5, 5.41) is 6.07. The predicted molar refractivity (Wildman–Crippen MR) is 78.6 cm³/mol. The Morgan fingerprint density at radius 2 is 1.89 bits per heavy atom. The van der Waals surface area contributed by atoms with Gasteiger partial charge in [-0.2, -0.15) is 0 Å². The van der Waals surface area contributed by atoms with Crippen LogP contribution in [0.25, 0.3) is 0 Å². The molecule has 102 valence electrons. The lowest BCUT2D eigenvalue weighted by atomic mass is 10.1. The van der Waals surface area contributed by atoms with Crippen LogP contribution >= 0.6 is 34.5 Å². The number of hydrogen-bond donors (Lipinski definition) is 2. The van der Waals surface area contributed by atoms with Gasteiger partial charge in [0.2, 0.25) is 5.91 Å². The van der Waals surface area contributed by atoms with Gasteiger partial charge in [-0.3, -0.25) is 10.1 Å². The average Bonchev–Trinajstić information content (AvgIpc) is 2.56. The van der Waals surface area contributed by atoms with Crippen LogP contribution in [0.3, 0.4) is 0 Å². The summed E-state index contributed by atoms with van der Waals surface area (Å²) >= 11 is 13.3. The first-order valence-corrected chi connectivity index (χ1v) is 7.39. The molecule has 2 unspecified atom stereocenters. The summed E-state index contributed by atoms with van der Waals surface area (Å²) in [6.45, 7) is 7.66. The van der Waals surface area contributed by atoms with E-state index in [2.05, 4.69) is 10.6 Å². The van der Waals surface area contributed by atoms with Gasteiger partial charge >= 0.3 is 0 Å². The first-order valence-electron chi connectivity index (χ1n) is 5.82. The molecule has 1 aromatic heterocycles. The standard InChI is InChI=1S/C12H18Cl2N2OS/c1-6(2)15-12(17)8(4)16-7(3)9-5-10(13)18-11(9)14/h5-8,16H,1-4H3,(H,15,17). The molecule has 0 fully saturated rings. The van der Waals surface area contributed by atoms with Gasteiger partial charge in [-0.1, -0.05) is 23.2 Å². The molecule has 3 nitrogen and oxygen atoms in total. The zero-order valence-corrected chi connectivity index (χ0v) is 13.2. The van der Waals surface area contributed by atoms with E-state index in [-0.39, 0.29) is 24.0 Å². The normalized spacial score (nSPS) is 14.6. The van der Waals surface area contributed by atoms with Crippen molar-refractivity contribution < 1.29 is 4.79 Å². The maximum Gasteiger partial charge on any atom is 0.237 e. The molecule has 0 aromatic carbocycles. The molecule has 1 amide bonds. The first-order chi connectivity index (χ1) is 8.31. The van der Waals surface area contributed by atoms with Crippen molar-refractivity contribution in [1.82, 2.24) is 10.6 Å². The van der Waals surface area contributed by atoms with Crippen LogP contribution in [0, 0.1) is 0 Å². The Labute approximate surface area is 122 Å². The smallest absolute Gasteiger partial charge is 0.237 e. The second kappa shape index (κ2) is 6.75. The van der Waals surface area contributed by atoms with Crippen LogP contribution in [-0.2, 0) is 4.79 Å². The highest BCUT2D eigenvalue weighted by molar-refractivity contribution is 7.20. The summed E-state index contributed by atoms with van der Waals surface area (Å²) in [6, 6.07) is 1.67. The summed E-state index contributed by atoms with van der Waals surface area (Å²) < 4.78 is 1.32. The molecule has 6 heteroatoms. The lowest BCUT2D eigenvalue weighted by molar-refractivity contribution is -0.123. The number of carbonyl (C=O) groups is 1. The molecule has 0 saturated heterocycles. The summed E-state index contributed by atoms with van der Waals surface area (Å²) in [7, 11) is 0. The van der Waals surface area contributed by atoms with Crippen molar-refractivity contribution in [3.63, 3.8) is 0 Å². The van der Waals surface area contributed by atoms with Gasteiger partial charge in [0.1, 0.15) is 0 Å². The third-order valence-electron chi connectivity index (χ3n) is 2.47. The molecule has 1 aromatic rings. The topological polar surface area (TPSA) is 41.1 Å². The van der Waals surface area contributed by atoms with Crippen LogP contribution in [0.5, 0.6) is 0 Å². The largest absolute Gasteiger partial charge is 0.353 e. The molecule has 18 heavy (non-hydrogen) atoms. The van der Waals surface area contributed by atoms with E-state index in [4.69, 9.17) is 23.2 Å². The van der Waals surface area contributed by atoms with Crippen LogP contribution in [0.4, 0.5) is 0 Å². The molecule has 0 saturated carbocycles. The first kappa shape index (κ1) is 15.8. The maximum atomic E-state index is 11.8. The molecule has 0 aliphatic carbocycles. The van der Waals surface area contributed by atoms with Gasteiger partial charge in [0.25, 0.3) is 0 Å². The van der Waals surface area contributed by atoms with E-state index in [0.29, 0.717) is 8.67 Å².